The van der Waals surface area contributed by atoms with Crippen molar-refractivity contribution in [2.24, 2.45) is 0 Å². The number of amidine groups is 1. The summed E-state index contributed by atoms with van der Waals surface area (Å²) in [6.07, 6.45) is 2.80. The zero-order valence-corrected chi connectivity index (χ0v) is 8.67. The van der Waals surface area contributed by atoms with Gasteiger partial charge in [-0.25, -0.2) is 4.39 Å². The van der Waals surface area contributed by atoms with Crippen LogP contribution >= 0.6 is 0 Å². The van der Waals surface area contributed by atoms with Gasteiger partial charge in [0.15, 0.2) is 0 Å². The van der Waals surface area contributed by atoms with Crippen molar-refractivity contribution in [2.45, 2.75) is 19.3 Å². The Labute approximate surface area is 89.2 Å². The molecule has 1 aromatic carbocycles. The summed E-state index contributed by atoms with van der Waals surface area (Å²) in [4.78, 5) is 2.07. The maximum absolute atomic E-state index is 12.9. The fourth-order valence-corrected chi connectivity index (χ4v) is 1.93. The summed E-state index contributed by atoms with van der Waals surface area (Å²) in [5.74, 6) is 0.551. The molecule has 0 aliphatic carbocycles. The van der Waals surface area contributed by atoms with Crippen LogP contribution in [0.2, 0.25) is 0 Å². The highest BCUT2D eigenvalue weighted by molar-refractivity contribution is 5.80. The Morgan fingerprint density at radius 1 is 1.40 bits per heavy atom. The highest BCUT2D eigenvalue weighted by Crippen LogP contribution is 2.11. The second kappa shape index (κ2) is 4.43. The first-order chi connectivity index (χ1) is 7.25. The number of benzene rings is 1. The van der Waals surface area contributed by atoms with E-state index in [-0.39, 0.29) is 5.82 Å². The van der Waals surface area contributed by atoms with E-state index in [1.807, 2.05) is 6.07 Å². The van der Waals surface area contributed by atoms with Crippen molar-refractivity contribution in [3.8, 4) is 0 Å². The van der Waals surface area contributed by atoms with Crippen LogP contribution in [0.4, 0.5) is 4.39 Å². The number of nitrogens with one attached hydrogen (secondary N) is 1. The van der Waals surface area contributed by atoms with Crippen molar-refractivity contribution in [2.75, 3.05) is 13.1 Å². The monoisotopic (exact) mass is 206 g/mol. The minimum Gasteiger partial charge on any atom is -0.360 e. The molecule has 1 aromatic rings. The molecule has 0 amide bonds. The van der Waals surface area contributed by atoms with Crippen molar-refractivity contribution in [3.05, 3.63) is 35.6 Å². The number of hydrogen-bond donors (Lipinski definition) is 1. The fourth-order valence-electron chi connectivity index (χ4n) is 1.93. The molecule has 80 valence electrons. The predicted octanol–water partition coefficient (Wildman–Crippen LogP) is 2.44. The second-order valence-electron chi connectivity index (χ2n) is 3.92. The van der Waals surface area contributed by atoms with Crippen LogP contribution in [-0.4, -0.2) is 23.8 Å². The summed E-state index contributed by atoms with van der Waals surface area (Å²) in [6.45, 7) is 1.82. The van der Waals surface area contributed by atoms with E-state index in [1.54, 1.807) is 12.1 Å². The van der Waals surface area contributed by atoms with Crippen molar-refractivity contribution in [1.82, 2.24) is 4.90 Å². The minimum absolute atomic E-state index is 0.177. The lowest BCUT2D eigenvalue weighted by atomic mass is 10.1. The Morgan fingerprint density at radius 2 is 2.27 bits per heavy atom. The molecular formula is C12H15FN2. The van der Waals surface area contributed by atoms with Gasteiger partial charge in [-0.2, -0.15) is 0 Å². The van der Waals surface area contributed by atoms with Gasteiger partial charge in [0.1, 0.15) is 5.82 Å². The van der Waals surface area contributed by atoms with Gasteiger partial charge < -0.3 is 4.90 Å². The average molecular weight is 206 g/mol. The maximum atomic E-state index is 12.9. The molecule has 0 bridgehead atoms. The van der Waals surface area contributed by atoms with Crippen LogP contribution in [0.1, 0.15) is 18.4 Å². The first-order valence-corrected chi connectivity index (χ1v) is 5.32. The summed E-state index contributed by atoms with van der Waals surface area (Å²) in [5.41, 5.74) is 1.01. The van der Waals surface area contributed by atoms with E-state index in [1.165, 1.54) is 6.07 Å². The molecule has 2 nitrogen and oxygen atoms in total. The van der Waals surface area contributed by atoms with Crippen LogP contribution in [-0.2, 0) is 6.42 Å². The molecule has 1 aliphatic heterocycles. The summed E-state index contributed by atoms with van der Waals surface area (Å²) < 4.78 is 12.9. The van der Waals surface area contributed by atoms with Crippen LogP contribution in [0.15, 0.2) is 24.3 Å². The van der Waals surface area contributed by atoms with E-state index in [0.29, 0.717) is 0 Å². The molecule has 1 fully saturated rings. The molecule has 3 heteroatoms. The van der Waals surface area contributed by atoms with Gasteiger partial charge in [0.2, 0.25) is 0 Å². The standard InChI is InChI=1S/C12H15FN2/c13-11-4-1-3-10(9-11)6-8-15-7-2-5-12(15)14/h1,3-4,9,14H,2,5-8H2. The van der Waals surface area contributed by atoms with Gasteiger partial charge in [-0.05, 0) is 30.5 Å². The Balaban J connectivity index is 1.90. The Morgan fingerprint density at radius 3 is 2.93 bits per heavy atom. The zero-order valence-electron chi connectivity index (χ0n) is 8.67. The Kier molecular flexibility index (Phi) is 2.99. The Hall–Kier alpha value is -1.38. The van der Waals surface area contributed by atoms with Crippen molar-refractivity contribution in [1.29, 1.82) is 5.41 Å². The summed E-state index contributed by atoms with van der Waals surface area (Å²) in [6, 6.07) is 6.70. The largest absolute Gasteiger partial charge is 0.360 e. The third-order valence-electron chi connectivity index (χ3n) is 2.78. The number of hydrogen-bond acceptors (Lipinski definition) is 1. The number of rotatable bonds is 3. The van der Waals surface area contributed by atoms with Gasteiger partial charge in [0.25, 0.3) is 0 Å². The van der Waals surface area contributed by atoms with Crippen molar-refractivity contribution < 1.29 is 4.39 Å². The molecule has 0 aromatic heterocycles. The summed E-state index contributed by atoms with van der Waals surface area (Å²) >= 11 is 0. The van der Waals surface area contributed by atoms with E-state index in [4.69, 9.17) is 5.41 Å². The molecule has 0 unspecified atom stereocenters. The summed E-state index contributed by atoms with van der Waals surface area (Å²) in [5, 5.41) is 7.67. The molecule has 0 radical (unpaired) electrons. The lowest BCUT2D eigenvalue weighted by Gasteiger charge is -2.17. The number of halogens is 1. The van der Waals surface area contributed by atoms with E-state index >= 15 is 0 Å². The zero-order chi connectivity index (χ0) is 10.7. The van der Waals surface area contributed by atoms with E-state index in [9.17, 15) is 4.39 Å². The van der Waals surface area contributed by atoms with Gasteiger partial charge in [-0.3, -0.25) is 5.41 Å². The lowest BCUT2D eigenvalue weighted by Crippen LogP contribution is -2.26. The third kappa shape index (κ3) is 2.55. The van der Waals surface area contributed by atoms with Crippen molar-refractivity contribution in [3.63, 3.8) is 0 Å². The smallest absolute Gasteiger partial charge is 0.123 e. The maximum Gasteiger partial charge on any atom is 0.123 e. The predicted molar refractivity (Wildman–Crippen MR) is 58.6 cm³/mol. The molecule has 1 saturated heterocycles. The first kappa shape index (κ1) is 10.1. The van der Waals surface area contributed by atoms with Crippen LogP contribution in [0.5, 0.6) is 0 Å². The van der Waals surface area contributed by atoms with Gasteiger partial charge in [0, 0.05) is 19.5 Å². The fraction of sp³-hybridized carbons (Fsp3) is 0.417. The Bertz CT molecular complexity index is 362. The topological polar surface area (TPSA) is 27.1 Å². The van der Waals surface area contributed by atoms with Gasteiger partial charge in [0.05, 0.1) is 5.84 Å². The van der Waals surface area contributed by atoms with E-state index in [2.05, 4.69) is 4.90 Å². The van der Waals surface area contributed by atoms with Crippen LogP contribution in [0.3, 0.4) is 0 Å². The summed E-state index contributed by atoms with van der Waals surface area (Å²) in [7, 11) is 0. The lowest BCUT2D eigenvalue weighted by molar-refractivity contribution is 0.455. The molecule has 0 saturated carbocycles. The molecule has 15 heavy (non-hydrogen) atoms. The number of nitrogens with zero attached hydrogens (tertiary/aromatic N) is 1. The SMILES string of the molecule is N=C1CCCN1CCc1cccc(F)c1. The molecular weight excluding hydrogens is 191 g/mol. The van der Waals surface area contributed by atoms with E-state index < -0.39 is 0 Å². The van der Waals surface area contributed by atoms with Crippen LogP contribution in [0.25, 0.3) is 0 Å². The van der Waals surface area contributed by atoms with Crippen LogP contribution < -0.4 is 0 Å². The normalized spacial score (nSPS) is 16.1. The molecule has 1 heterocycles. The van der Waals surface area contributed by atoms with Crippen molar-refractivity contribution >= 4 is 5.84 Å². The highest BCUT2D eigenvalue weighted by Gasteiger charge is 2.15. The molecule has 2 rings (SSSR count). The van der Waals surface area contributed by atoms with Gasteiger partial charge in [-0.15, -0.1) is 0 Å². The van der Waals surface area contributed by atoms with E-state index in [0.717, 1.165) is 43.8 Å². The molecule has 0 atom stereocenters. The second-order valence-corrected chi connectivity index (χ2v) is 3.92. The molecule has 1 N–H and O–H groups in total. The van der Waals surface area contributed by atoms with Gasteiger partial charge >= 0.3 is 0 Å². The minimum atomic E-state index is -0.177. The third-order valence-corrected chi connectivity index (χ3v) is 2.78. The number of likely N-dealkylation sites (tertiary alicyclic amines) is 1. The first-order valence-electron chi connectivity index (χ1n) is 5.32. The van der Waals surface area contributed by atoms with Crippen LogP contribution in [0, 0.1) is 11.2 Å². The molecule has 1 aliphatic rings. The quantitative estimate of drug-likeness (QED) is 0.808. The highest BCUT2D eigenvalue weighted by atomic mass is 19.1. The molecule has 0 spiro atoms. The van der Waals surface area contributed by atoms with Gasteiger partial charge in [-0.1, -0.05) is 12.1 Å². The average Bonchev–Trinajstić information content (AvgIpc) is 2.61.